The van der Waals surface area contributed by atoms with Gasteiger partial charge in [-0.1, -0.05) is 21.1 Å². The molecule has 5 nitrogen and oxygen atoms in total. The molecule has 0 spiro atoms. The molecular weight excluding hydrogens is 310 g/mol. The highest BCUT2D eigenvalue weighted by molar-refractivity contribution is 9.10. The second-order valence-electron chi connectivity index (χ2n) is 4.19. The lowest BCUT2D eigenvalue weighted by molar-refractivity contribution is 0.0768. The first-order valence-electron chi connectivity index (χ1n) is 6.01. The molecule has 1 rings (SSSR count). The summed E-state index contributed by atoms with van der Waals surface area (Å²) in [6, 6.07) is 5.49. The van der Waals surface area contributed by atoms with Gasteiger partial charge in [0, 0.05) is 29.5 Å². The van der Waals surface area contributed by atoms with E-state index in [0.717, 1.165) is 10.0 Å². The summed E-state index contributed by atoms with van der Waals surface area (Å²) in [6.07, 6.45) is 0.353. The monoisotopic (exact) mass is 327 g/mol. The van der Waals surface area contributed by atoms with Gasteiger partial charge in [0.05, 0.1) is 0 Å². The highest BCUT2D eigenvalue weighted by Gasteiger charge is 2.15. The van der Waals surface area contributed by atoms with Crippen LogP contribution in [0.15, 0.2) is 27.8 Å². The normalized spacial score (nSPS) is 11.4. The van der Waals surface area contributed by atoms with E-state index in [-0.39, 0.29) is 11.7 Å². The quantitative estimate of drug-likeness (QED) is 0.377. The fourth-order valence-electron chi connectivity index (χ4n) is 1.66. The maximum absolute atomic E-state index is 12.3. The van der Waals surface area contributed by atoms with Crippen molar-refractivity contribution in [3.63, 3.8) is 0 Å². The predicted molar refractivity (Wildman–Crippen MR) is 78.5 cm³/mol. The first-order valence-corrected chi connectivity index (χ1v) is 6.80. The molecule has 3 N–H and O–H groups in total. The Hall–Kier alpha value is -1.56. The molecule has 0 saturated heterocycles. The van der Waals surface area contributed by atoms with Crippen LogP contribution < -0.4 is 5.73 Å². The van der Waals surface area contributed by atoms with Crippen molar-refractivity contribution in [2.45, 2.75) is 20.3 Å². The minimum Gasteiger partial charge on any atom is -0.409 e. The van der Waals surface area contributed by atoms with Crippen LogP contribution in [0.1, 0.15) is 29.3 Å². The maximum Gasteiger partial charge on any atom is 0.253 e. The lowest BCUT2D eigenvalue weighted by atomic mass is 10.1. The number of hydrogen-bond acceptors (Lipinski definition) is 3. The van der Waals surface area contributed by atoms with Crippen molar-refractivity contribution in [1.82, 2.24) is 4.90 Å². The minimum absolute atomic E-state index is 0.0520. The largest absolute Gasteiger partial charge is 0.409 e. The zero-order valence-corrected chi connectivity index (χ0v) is 12.6. The maximum atomic E-state index is 12.3. The summed E-state index contributed by atoms with van der Waals surface area (Å²) in [7, 11) is 0. The van der Waals surface area contributed by atoms with Gasteiger partial charge in [0.1, 0.15) is 5.84 Å². The third kappa shape index (κ3) is 4.24. The Balaban J connectivity index is 2.80. The number of carbonyl (C=O) groups is 1. The second-order valence-corrected chi connectivity index (χ2v) is 5.04. The smallest absolute Gasteiger partial charge is 0.253 e. The average molecular weight is 328 g/mol. The molecule has 0 fully saturated rings. The van der Waals surface area contributed by atoms with Crippen molar-refractivity contribution in [1.29, 1.82) is 0 Å². The molecule has 1 amide bonds. The molecule has 19 heavy (non-hydrogen) atoms. The van der Waals surface area contributed by atoms with E-state index < -0.39 is 0 Å². The van der Waals surface area contributed by atoms with Crippen LogP contribution >= 0.6 is 15.9 Å². The zero-order chi connectivity index (χ0) is 14.4. The molecule has 1 aromatic rings. The van der Waals surface area contributed by atoms with E-state index in [1.807, 2.05) is 26.0 Å². The molecule has 0 unspecified atom stereocenters. The standard InChI is InChI=1S/C13H18BrN3O2/c1-3-17(7-6-12(15)16-19)13(18)10-4-5-11(14)9(2)8-10/h4-5,8,19H,3,6-7H2,1-2H3,(H2,15,16). The van der Waals surface area contributed by atoms with E-state index in [9.17, 15) is 4.79 Å². The first-order chi connectivity index (χ1) is 8.99. The Kier molecular flexibility index (Phi) is 5.82. The molecule has 0 saturated carbocycles. The second kappa shape index (κ2) is 7.13. The molecule has 0 aromatic heterocycles. The Morgan fingerprint density at radius 3 is 2.74 bits per heavy atom. The Labute approximate surface area is 121 Å². The van der Waals surface area contributed by atoms with E-state index in [4.69, 9.17) is 10.9 Å². The van der Waals surface area contributed by atoms with Crippen LogP contribution in [0.2, 0.25) is 0 Å². The number of carbonyl (C=O) groups excluding carboxylic acids is 1. The number of hydrogen-bond donors (Lipinski definition) is 2. The topological polar surface area (TPSA) is 78.9 Å². The lowest BCUT2D eigenvalue weighted by Crippen LogP contribution is -2.34. The Bertz CT molecular complexity index is 489. The number of nitrogens with two attached hydrogens (primary N) is 1. The molecule has 0 atom stereocenters. The van der Waals surface area contributed by atoms with Crippen LogP contribution in [0.3, 0.4) is 0 Å². The van der Waals surface area contributed by atoms with Gasteiger partial charge in [-0.15, -0.1) is 0 Å². The van der Waals surface area contributed by atoms with Crippen molar-refractivity contribution >= 4 is 27.7 Å². The predicted octanol–water partition coefficient (Wildman–Crippen LogP) is 2.36. The summed E-state index contributed by atoms with van der Waals surface area (Å²) in [5, 5.41) is 11.4. The lowest BCUT2D eigenvalue weighted by Gasteiger charge is -2.21. The van der Waals surface area contributed by atoms with Crippen molar-refractivity contribution in [2.75, 3.05) is 13.1 Å². The molecule has 0 aliphatic rings. The number of amides is 1. The van der Waals surface area contributed by atoms with E-state index in [1.165, 1.54) is 0 Å². The number of oxime groups is 1. The van der Waals surface area contributed by atoms with Gasteiger partial charge in [-0.2, -0.15) is 0 Å². The molecule has 0 radical (unpaired) electrons. The summed E-state index contributed by atoms with van der Waals surface area (Å²) in [5.41, 5.74) is 7.07. The van der Waals surface area contributed by atoms with Crippen LogP contribution in [0.25, 0.3) is 0 Å². The highest BCUT2D eigenvalue weighted by Crippen LogP contribution is 2.18. The number of amidine groups is 1. The van der Waals surface area contributed by atoms with Crippen molar-refractivity contribution < 1.29 is 10.0 Å². The number of rotatable bonds is 5. The van der Waals surface area contributed by atoms with Gasteiger partial charge in [-0.05, 0) is 37.6 Å². The molecule has 0 heterocycles. The van der Waals surface area contributed by atoms with Crippen LogP contribution in [-0.4, -0.2) is 34.9 Å². The fourth-order valence-corrected chi connectivity index (χ4v) is 1.91. The van der Waals surface area contributed by atoms with Crippen molar-refractivity contribution in [3.8, 4) is 0 Å². The average Bonchev–Trinajstić information content (AvgIpc) is 2.41. The van der Waals surface area contributed by atoms with Gasteiger partial charge in [0.2, 0.25) is 0 Å². The molecular formula is C13H18BrN3O2. The summed E-state index contributed by atoms with van der Waals surface area (Å²) < 4.78 is 0.976. The number of aryl methyl sites for hydroxylation is 1. The van der Waals surface area contributed by atoms with E-state index in [2.05, 4.69) is 21.1 Å². The van der Waals surface area contributed by atoms with E-state index >= 15 is 0 Å². The van der Waals surface area contributed by atoms with Crippen LogP contribution in [-0.2, 0) is 0 Å². The highest BCUT2D eigenvalue weighted by atomic mass is 79.9. The van der Waals surface area contributed by atoms with Gasteiger partial charge in [0.25, 0.3) is 5.91 Å². The zero-order valence-electron chi connectivity index (χ0n) is 11.1. The molecule has 0 aliphatic carbocycles. The van der Waals surface area contributed by atoms with Crippen LogP contribution in [0, 0.1) is 6.92 Å². The third-order valence-electron chi connectivity index (χ3n) is 2.84. The molecule has 0 bridgehead atoms. The van der Waals surface area contributed by atoms with Crippen molar-refractivity contribution in [2.24, 2.45) is 10.9 Å². The fraction of sp³-hybridized carbons (Fsp3) is 0.385. The SMILES string of the molecule is CCN(CC/C(N)=N/O)C(=O)c1ccc(Br)c(C)c1. The molecule has 1 aromatic carbocycles. The minimum atomic E-state index is -0.0520. The van der Waals surface area contributed by atoms with Crippen molar-refractivity contribution in [3.05, 3.63) is 33.8 Å². The van der Waals surface area contributed by atoms with Crippen LogP contribution in [0.5, 0.6) is 0 Å². The molecule has 0 aliphatic heterocycles. The summed E-state index contributed by atoms with van der Waals surface area (Å²) in [6.45, 7) is 4.84. The number of nitrogens with zero attached hydrogens (tertiary/aromatic N) is 2. The van der Waals surface area contributed by atoms with Gasteiger partial charge < -0.3 is 15.8 Å². The van der Waals surface area contributed by atoms with Gasteiger partial charge in [-0.3, -0.25) is 4.79 Å². The summed E-state index contributed by atoms with van der Waals surface area (Å²) in [4.78, 5) is 14.0. The van der Waals surface area contributed by atoms with E-state index in [0.29, 0.717) is 25.1 Å². The van der Waals surface area contributed by atoms with Gasteiger partial charge in [0.15, 0.2) is 0 Å². The molecule has 6 heteroatoms. The number of halogens is 1. The summed E-state index contributed by atoms with van der Waals surface area (Å²) >= 11 is 3.41. The third-order valence-corrected chi connectivity index (χ3v) is 3.73. The Morgan fingerprint density at radius 2 is 2.21 bits per heavy atom. The van der Waals surface area contributed by atoms with E-state index in [1.54, 1.807) is 11.0 Å². The summed E-state index contributed by atoms with van der Waals surface area (Å²) in [5.74, 6) is 0.0714. The van der Waals surface area contributed by atoms with Gasteiger partial charge >= 0.3 is 0 Å². The molecule has 104 valence electrons. The van der Waals surface area contributed by atoms with Crippen LogP contribution in [0.4, 0.5) is 0 Å². The number of benzene rings is 1. The van der Waals surface area contributed by atoms with Gasteiger partial charge in [-0.25, -0.2) is 0 Å². The Morgan fingerprint density at radius 1 is 1.53 bits per heavy atom. The first kappa shape index (κ1) is 15.5.